The fourth-order valence-corrected chi connectivity index (χ4v) is 0. The van der Waals surface area contributed by atoms with Gasteiger partial charge in [-0.1, -0.05) is 0 Å². The third-order valence-electron chi connectivity index (χ3n) is 1.06. The molecule has 0 amide bonds. The average Bonchev–Trinajstić information content (AvgIpc) is 2.18. The fraction of sp³-hybridized carbons (Fsp3) is 0.667. The van der Waals surface area contributed by atoms with Crippen molar-refractivity contribution in [2.75, 3.05) is 0 Å². The molecule has 0 aromatic rings. The molecule has 0 aliphatic rings. The van der Waals surface area contributed by atoms with Crippen molar-refractivity contribution < 1.29 is 74.6 Å². The summed E-state index contributed by atoms with van der Waals surface area (Å²) >= 11 is 0. The van der Waals surface area contributed by atoms with Crippen molar-refractivity contribution in [2.45, 2.75) is 39.1 Å². The van der Waals surface area contributed by atoms with Crippen LogP contribution in [0.25, 0.3) is 0 Å². The Kier molecular flexibility index (Phi) is 21.6. The van der Waals surface area contributed by atoms with Crippen LogP contribution in [-0.2, 0) is 14.4 Å². The van der Waals surface area contributed by atoms with Gasteiger partial charge in [0, 0.05) is 0 Å². The van der Waals surface area contributed by atoms with Gasteiger partial charge in [-0.15, -0.1) is 0 Å². The molecular formula is C9H17NaO9. The summed E-state index contributed by atoms with van der Waals surface area (Å²) < 4.78 is 0. The number of hydrogen-bond acceptors (Lipinski definition) is 7. The number of hydrogen-bond donors (Lipinski definition) is 5. The molecule has 0 spiro atoms. The van der Waals surface area contributed by atoms with Crippen molar-refractivity contribution >= 4 is 17.9 Å². The van der Waals surface area contributed by atoms with Gasteiger partial charge in [0.25, 0.3) is 0 Å². The van der Waals surface area contributed by atoms with Crippen molar-refractivity contribution in [1.29, 1.82) is 0 Å². The van der Waals surface area contributed by atoms with Gasteiger partial charge < -0.3 is 35.4 Å². The number of carboxylic acids is 3. The van der Waals surface area contributed by atoms with Crippen molar-refractivity contribution in [2.24, 2.45) is 0 Å². The molecule has 0 aromatic carbocycles. The molecular weight excluding hydrogens is 275 g/mol. The summed E-state index contributed by atoms with van der Waals surface area (Å²) in [5, 5.41) is 48.8. The van der Waals surface area contributed by atoms with Crippen LogP contribution in [0.5, 0.6) is 0 Å². The van der Waals surface area contributed by atoms with E-state index in [0.717, 1.165) is 6.92 Å². The van der Waals surface area contributed by atoms with Crippen molar-refractivity contribution in [3.05, 3.63) is 0 Å². The van der Waals surface area contributed by atoms with Crippen LogP contribution in [0.2, 0.25) is 0 Å². The fourth-order valence-electron chi connectivity index (χ4n) is 0. The van der Waals surface area contributed by atoms with Gasteiger partial charge in [-0.05, 0) is 20.8 Å². The normalized spacial score (nSPS) is 12.9. The Morgan fingerprint density at radius 2 is 0.895 bits per heavy atom. The molecule has 0 bridgehead atoms. The maximum Gasteiger partial charge on any atom is 1.00 e. The smallest absolute Gasteiger partial charge is 0.547 e. The van der Waals surface area contributed by atoms with E-state index >= 15 is 0 Å². The predicted octanol–water partition coefficient (Wildman–Crippen LogP) is -5.98. The van der Waals surface area contributed by atoms with Crippen molar-refractivity contribution in [3.63, 3.8) is 0 Å². The number of aliphatic hydroxyl groups excluding tert-OH is 3. The monoisotopic (exact) mass is 292 g/mol. The minimum absolute atomic E-state index is 0. The Hall–Kier alpha value is -0.710. The molecule has 0 aliphatic heterocycles. The van der Waals surface area contributed by atoms with Crippen LogP contribution in [0, 0.1) is 0 Å². The Labute approximate surface area is 131 Å². The van der Waals surface area contributed by atoms with Gasteiger partial charge in [0.1, 0.15) is 12.2 Å². The molecule has 9 nitrogen and oxygen atoms in total. The number of carbonyl (C=O) groups excluding carboxylic acids is 1. The maximum atomic E-state index is 9.45. The van der Waals surface area contributed by atoms with Crippen LogP contribution in [0.15, 0.2) is 0 Å². The Balaban J connectivity index is -0.0000000865. The molecule has 19 heavy (non-hydrogen) atoms. The van der Waals surface area contributed by atoms with Crippen molar-refractivity contribution in [1.82, 2.24) is 0 Å². The van der Waals surface area contributed by atoms with E-state index in [0.29, 0.717) is 0 Å². The van der Waals surface area contributed by atoms with E-state index in [-0.39, 0.29) is 29.6 Å². The second-order valence-electron chi connectivity index (χ2n) is 3.02. The van der Waals surface area contributed by atoms with E-state index in [4.69, 9.17) is 25.5 Å². The second-order valence-corrected chi connectivity index (χ2v) is 3.02. The Morgan fingerprint density at radius 1 is 0.789 bits per heavy atom. The molecule has 10 heteroatoms. The van der Waals surface area contributed by atoms with Crippen LogP contribution in [0.4, 0.5) is 0 Å². The van der Waals surface area contributed by atoms with Gasteiger partial charge in [0.05, 0.1) is 12.1 Å². The van der Waals surface area contributed by atoms with E-state index in [1.807, 2.05) is 0 Å². The third kappa shape index (κ3) is 31.7. The summed E-state index contributed by atoms with van der Waals surface area (Å²) in [5.41, 5.74) is 0. The minimum atomic E-state index is -1.44. The predicted molar refractivity (Wildman–Crippen MR) is 55.3 cm³/mol. The van der Waals surface area contributed by atoms with Gasteiger partial charge in [-0.3, -0.25) is 0 Å². The number of aliphatic hydroxyl groups is 3. The largest absolute Gasteiger partial charge is 1.00 e. The third-order valence-corrected chi connectivity index (χ3v) is 1.06. The van der Waals surface area contributed by atoms with Gasteiger partial charge in [-0.25, -0.2) is 9.59 Å². The molecule has 3 atom stereocenters. The zero-order valence-corrected chi connectivity index (χ0v) is 13.1. The Bertz CT molecular complexity index is 220. The summed E-state index contributed by atoms with van der Waals surface area (Å²) in [6, 6.07) is 0. The molecule has 5 N–H and O–H groups in total. The number of rotatable bonds is 3. The van der Waals surface area contributed by atoms with E-state index in [9.17, 15) is 19.5 Å². The molecule has 3 unspecified atom stereocenters. The first-order valence-electron chi connectivity index (χ1n) is 4.64. The van der Waals surface area contributed by atoms with E-state index in [2.05, 4.69) is 0 Å². The molecule has 0 aromatic heterocycles. The van der Waals surface area contributed by atoms with Gasteiger partial charge in [0.2, 0.25) is 0 Å². The summed E-state index contributed by atoms with van der Waals surface area (Å²) in [4.78, 5) is 28.2. The molecule has 108 valence electrons. The van der Waals surface area contributed by atoms with E-state index in [1.54, 1.807) is 0 Å². The SMILES string of the molecule is CC(O)C(=O)O.CC(O)C(=O)O.CC(O)C(=O)[O-].[Na+]. The molecule has 0 aliphatic carbocycles. The molecule has 0 radical (unpaired) electrons. The molecule has 0 saturated heterocycles. The zero-order valence-electron chi connectivity index (χ0n) is 11.1. The first-order chi connectivity index (χ1) is 7.93. The van der Waals surface area contributed by atoms with Gasteiger partial charge in [-0.2, -0.15) is 0 Å². The first-order valence-corrected chi connectivity index (χ1v) is 4.64. The topological polar surface area (TPSA) is 175 Å². The second kappa shape index (κ2) is 15.3. The Morgan fingerprint density at radius 3 is 0.895 bits per heavy atom. The minimum Gasteiger partial charge on any atom is -0.547 e. The van der Waals surface area contributed by atoms with E-state index in [1.165, 1.54) is 13.8 Å². The molecule has 0 saturated carbocycles. The van der Waals surface area contributed by atoms with Gasteiger partial charge in [0.15, 0.2) is 0 Å². The van der Waals surface area contributed by atoms with Crippen LogP contribution in [-0.4, -0.2) is 61.8 Å². The summed E-state index contributed by atoms with van der Waals surface area (Å²) in [7, 11) is 0. The molecule has 0 heterocycles. The number of aliphatic carboxylic acids is 3. The quantitative estimate of drug-likeness (QED) is 0.317. The van der Waals surface area contributed by atoms with Crippen LogP contribution in [0.3, 0.4) is 0 Å². The first kappa shape index (κ1) is 26.8. The van der Waals surface area contributed by atoms with Crippen LogP contribution < -0.4 is 34.7 Å². The standard InChI is InChI=1S/3C3H6O3.Na/c3*1-2(4)3(5)6;/h3*2,4H,1H3,(H,5,6);/q;;;+1/p-1. The molecule has 0 fully saturated rings. The summed E-state index contributed by atoms with van der Waals surface area (Å²) in [6.45, 7) is 3.53. The van der Waals surface area contributed by atoms with Crippen LogP contribution >= 0.6 is 0 Å². The molecule has 0 rings (SSSR count). The van der Waals surface area contributed by atoms with Crippen molar-refractivity contribution in [3.8, 4) is 0 Å². The summed E-state index contributed by atoms with van der Waals surface area (Å²) in [5.74, 6) is -3.81. The number of carboxylic acid groups (broad SMARTS) is 3. The zero-order chi connectivity index (χ0) is 15.5. The van der Waals surface area contributed by atoms with E-state index < -0.39 is 36.2 Å². The average molecular weight is 292 g/mol. The van der Waals surface area contributed by atoms with Gasteiger partial charge >= 0.3 is 41.5 Å². The summed E-state index contributed by atoms with van der Waals surface area (Å²) in [6.07, 6.45) is -3.81. The number of carbonyl (C=O) groups is 3. The maximum absolute atomic E-state index is 9.45. The van der Waals surface area contributed by atoms with Crippen LogP contribution in [0.1, 0.15) is 20.8 Å².